The molecule has 0 saturated heterocycles. The Hall–Kier alpha value is -0.970. The molecular formula is C13H11BrCl2N2O. The van der Waals surface area contributed by atoms with Crippen LogP contribution in [0.3, 0.4) is 0 Å². The van der Waals surface area contributed by atoms with E-state index < -0.39 is 0 Å². The van der Waals surface area contributed by atoms with Crippen LogP contribution in [0.15, 0.2) is 34.9 Å². The number of anilines is 1. The average molecular weight is 362 g/mol. The van der Waals surface area contributed by atoms with Gasteiger partial charge in [-0.05, 0) is 34.1 Å². The molecule has 100 valence electrons. The van der Waals surface area contributed by atoms with E-state index in [1.807, 2.05) is 19.2 Å². The van der Waals surface area contributed by atoms with E-state index in [0.717, 1.165) is 15.9 Å². The molecule has 0 radical (unpaired) electrons. The number of benzene rings is 1. The lowest BCUT2D eigenvalue weighted by Crippen LogP contribution is -2.00. The zero-order valence-corrected chi connectivity index (χ0v) is 13.2. The highest BCUT2D eigenvalue weighted by molar-refractivity contribution is 9.10. The van der Waals surface area contributed by atoms with Gasteiger partial charge in [0.2, 0.25) is 0 Å². The standard InChI is InChI=1S/C13H11BrCl2N2O/c1-17-8-2-3-18-9(4-8)7-19-13-6-11(15)10(14)5-12(13)16/h2-6H,7H2,1H3,(H,17,18). The molecule has 0 atom stereocenters. The van der Waals surface area contributed by atoms with Gasteiger partial charge in [-0.1, -0.05) is 23.2 Å². The van der Waals surface area contributed by atoms with Crippen LogP contribution < -0.4 is 10.1 Å². The highest BCUT2D eigenvalue weighted by Crippen LogP contribution is 2.34. The maximum atomic E-state index is 6.08. The van der Waals surface area contributed by atoms with Crippen LogP contribution >= 0.6 is 39.1 Å². The van der Waals surface area contributed by atoms with Crippen molar-refractivity contribution in [1.29, 1.82) is 0 Å². The van der Waals surface area contributed by atoms with Gasteiger partial charge in [-0.25, -0.2) is 0 Å². The minimum absolute atomic E-state index is 0.327. The van der Waals surface area contributed by atoms with Crippen LogP contribution in [-0.2, 0) is 6.61 Å². The predicted octanol–water partition coefficient (Wildman–Crippen LogP) is 4.77. The lowest BCUT2D eigenvalue weighted by molar-refractivity contribution is 0.301. The number of pyridine rings is 1. The predicted molar refractivity (Wildman–Crippen MR) is 82.3 cm³/mol. The van der Waals surface area contributed by atoms with E-state index in [1.165, 1.54) is 0 Å². The molecule has 0 aliphatic rings. The summed E-state index contributed by atoms with van der Waals surface area (Å²) < 4.78 is 6.37. The largest absolute Gasteiger partial charge is 0.486 e. The molecule has 0 fully saturated rings. The van der Waals surface area contributed by atoms with Crippen molar-refractivity contribution in [3.63, 3.8) is 0 Å². The second kappa shape index (κ2) is 6.46. The maximum absolute atomic E-state index is 6.08. The minimum Gasteiger partial charge on any atom is -0.486 e. The van der Waals surface area contributed by atoms with E-state index in [4.69, 9.17) is 27.9 Å². The number of hydrogen-bond donors (Lipinski definition) is 1. The van der Waals surface area contributed by atoms with Crippen molar-refractivity contribution >= 4 is 44.8 Å². The molecule has 2 aromatic rings. The van der Waals surface area contributed by atoms with Crippen LogP contribution in [0.25, 0.3) is 0 Å². The zero-order valence-electron chi connectivity index (χ0n) is 10.1. The molecule has 0 bridgehead atoms. The molecule has 1 aromatic carbocycles. The molecule has 19 heavy (non-hydrogen) atoms. The molecule has 0 unspecified atom stereocenters. The van der Waals surface area contributed by atoms with E-state index in [-0.39, 0.29) is 0 Å². The van der Waals surface area contributed by atoms with Crippen LogP contribution in [0.1, 0.15) is 5.69 Å². The second-order valence-electron chi connectivity index (χ2n) is 3.77. The summed E-state index contributed by atoms with van der Waals surface area (Å²) in [7, 11) is 1.85. The summed E-state index contributed by atoms with van der Waals surface area (Å²) in [6.07, 6.45) is 1.72. The average Bonchev–Trinajstić information content (AvgIpc) is 2.41. The highest BCUT2D eigenvalue weighted by Gasteiger charge is 2.07. The lowest BCUT2D eigenvalue weighted by Gasteiger charge is -2.09. The van der Waals surface area contributed by atoms with Gasteiger partial charge in [0.05, 0.1) is 15.7 Å². The zero-order chi connectivity index (χ0) is 13.8. The summed E-state index contributed by atoms with van der Waals surface area (Å²) in [4.78, 5) is 4.22. The normalized spacial score (nSPS) is 10.3. The third kappa shape index (κ3) is 3.75. The van der Waals surface area contributed by atoms with E-state index >= 15 is 0 Å². The van der Waals surface area contributed by atoms with Gasteiger partial charge in [-0.2, -0.15) is 0 Å². The molecule has 0 saturated carbocycles. The first kappa shape index (κ1) is 14.4. The number of nitrogens with one attached hydrogen (secondary N) is 1. The van der Waals surface area contributed by atoms with E-state index in [0.29, 0.717) is 22.4 Å². The van der Waals surface area contributed by atoms with Gasteiger partial charge in [-0.15, -0.1) is 0 Å². The molecule has 2 rings (SSSR count). The molecule has 0 aliphatic carbocycles. The summed E-state index contributed by atoms with van der Waals surface area (Å²) in [5.41, 5.74) is 1.79. The summed E-state index contributed by atoms with van der Waals surface area (Å²) in [5, 5.41) is 4.10. The van der Waals surface area contributed by atoms with Gasteiger partial charge < -0.3 is 10.1 Å². The third-order valence-electron chi connectivity index (χ3n) is 2.46. The van der Waals surface area contributed by atoms with Crippen LogP contribution in [0, 0.1) is 0 Å². The Morgan fingerprint density at radius 3 is 2.79 bits per heavy atom. The fraction of sp³-hybridized carbons (Fsp3) is 0.154. The number of halogens is 3. The van der Waals surface area contributed by atoms with Gasteiger partial charge in [0.1, 0.15) is 12.4 Å². The highest BCUT2D eigenvalue weighted by atomic mass is 79.9. The first-order valence-electron chi connectivity index (χ1n) is 5.50. The molecule has 1 N–H and O–H groups in total. The van der Waals surface area contributed by atoms with Crippen LogP contribution in [0.5, 0.6) is 5.75 Å². The SMILES string of the molecule is CNc1ccnc(COc2cc(Cl)c(Br)cc2Cl)c1. The van der Waals surface area contributed by atoms with Gasteiger partial charge in [-0.3, -0.25) is 4.98 Å². The minimum atomic E-state index is 0.327. The molecule has 1 heterocycles. The molecule has 1 aromatic heterocycles. The van der Waals surface area contributed by atoms with Crippen molar-refractivity contribution < 1.29 is 4.74 Å². The molecule has 0 aliphatic heterocycles. The van der Waals surface area contributed by atoms with E-state index in [9.17, 15) is 0 Å². The molecular weight excluding hydrogens is 351 g/mol. The summed E-state index contributed by atoms with van der Waals surface area (Å²) >= 11 is 15.4. The molecule has 6 heteroatoms. The Morgan fingerprint density at radius 1 is 1.26 bits per heavy atom. The summed E-state index contributed by atoms with van der Waals surface area (Å²) in [6.45, 7) is 0.327. The van der Waals surface area contributed by atoms with Crippen molar-refractivity contribution in [3.05, 3.63) is 50.7 Å². The Balaban J connectivity index is 2.12. The summed E-state index contributed by atoms with van der Waals surface area (Å²) in [5.74, 6) is 0.534. The Kier molecular flexibility index (Phi) is 4.91. The number of nitrogens with zero attached hydrogens (tertiary/aromatic N) is 1. The van der Waals surface area contributed by atoms with Crippen LogP contribution in [-0.4, -0.2) is 12.0 Å². The quantitative estimate of drug-likeness (QED) is 0.796. The van der Waals surface area contributed by atoms with Gasteiger partial charge in [0.15, 0.2) is 0 Å². The Labute approximate surface area is 130 Å². The monoisotopic (exact) mass is 360 g/mol. The molecule has 0 amide bonds. The summed E-state index contributed by atoms with van der Waals surface area (Å²) in [6, 6.07) is 7.17. The van der Waals surface area contributed by atoms with Crippen molar-refractivity contribution in [1.82, 2.24) is 4.98 Å². The Morgan fingerprint density at radius 2 is 2.05 bits per heavy atom. The van der Waals surface area contributed by atoms with Gasteiger partial charge in [0, 0.05) is 29.5 Å². The second-order valence-corrected chi connectivity index (χ2v) is 5.44. The third-order valence-corrected chi connectivity index (χ3v) is 3.95. The maximum Gasteiger partial charge on any atom is 0.140 e. The lowest BCUT2D eigenvalue weighted by atomic mass is 10.3. The first-order valence-corrected chi connectivity index (χ1v) is 7.05. The smallest absolute Gasteiger partial charge is 0.140 e. The van der Waals surface area contributed by atoms with Crippen LogP contribution in [0.2, 0.25) is 10.0 Å². The number of hydrogen-bond acceptors (Lipinski definition) is 3. The van der Waals surface area contributed by atoms with Crippen molar-refractivity contribution in [2.45, 2.75) is 6.61 Å². The van der Waals surface area contributed by atoms with Gasteiger partial charge >= 0.3 is 0 Å². The van der Waals surface area contributed by atoms with Crippen molar-refractivity contribution in [3.8, 4) is 5.75 Å². The number of ether oxygens (including phenoxy) is 1. The fourth-order valence-electron chi connectivity index (χ4n) is 1.48. The number of aromatic nitrogens is 1. The molecule has 3 nitrogen and oxygen atoms in total. The molecule has 0 spiro atoms. The van der Waals surface area contributed by atoms with Crippen molar-refractivity contribution in [2.24, 2.45) is 0 Å². The number of rotatable bonds is 4. The van der Waals surface area contributed by atoms with E-state index in [2.05, 4.69) is 26.2 Å². The van der Waals surface area contributed by atoms with Crippen LogP contribution in [0.4, 0.5) is 5.69 Å². The topological polar surface area (TPSA) is 34.2 Å². The van der Waals surface area contributed by atoms with E-state index in [1.54, 1.807) is 18.3 Å². The van der Waals surface area contributed by atoms with Gasteiger partial charge in [0.25, 0.3) is 0 Å². The van der Waals surface area contributed by atoms with Crippen molar-refractivity contribution in [2.75, 3.05) is 12.4 Å². The fourth-order valence-corrected chi connectivity index (χ4v) is 2.33. The first-order chi connectivity index (χ1) is 9.10. The Bertz CT molecular complexity index is 593.